The van der Waals surface area contributed by atoms with Crippen LogP contribution in [-0.4, -0.2) is 25.2 Å². The Morgan fingerprint density at radius 2 is 1.77 bits per heavy atom. The Balaban J connectivity index is 1.85. The van der Waals surface area contributed by atoms with Gasteiger partial charge in [-0.1, -0.05) is 6.08 Å². The maximum absolute atomic E-state index is 11.1. The Hall–Kier alpha value is -1.34. The molecule has 2 saturated carbocycles. The van der Waals surface area contributed by atoms with Gasteiger partial charge in [0.05, 0.1) is 12.2 Å². The van der Waals surface area contributed by atoms with E-state index in [0.29, 0.717) is 24.0 Å². The topological polar surface area (TPSA) is 62.1 Å². The van der Waals surface area contributed by atoms with Crippen LogP contribution in [0.2, 0.25) is 0 Å². The molecule has 122 valence electrons. The van der Waals surface area contributed by atoms with Crippen molar-refractivity contribution >= 4 is 5.91 Å². The minimum Gasteiger partial charge on any atom is -0.381 e. The lowest BCUT2D eigenvalue weighted by molar-refractivity contribution is -0.119. The lowest BCUT2D eigenvalue weighted by Gasteiger charge is -2.30. The van der Waals surface area contributed by atoms with Gasteiger partial charge in [-0.3, -0.25) is 4.79 Å². The maximum atomic E-state index is 11.1. The number of methoxy groups -OCH3 is 1. The van der Waals surface area contributed by atoms with Gasteiger partial charge < -0.3 is 10.1 Å². The largest absolute Gasteiger partial charge is 0.381 e. The van der Waals surface area contributed by atoms with E-state index in [2.05, 4.69) is 17.5 Å². The molecule has 0 bridgehead atoms. The van der Waals surface area contributed by atoms with Gasteiger partial charge in [0.25, 0.3) is 0 Å². The zero-order chi connectivity index (χ0) is 15.9. The highest BCUT2D eigenvalue weighted by atomic mass is 16.5. The highest BCUT2D eigenvalue weighted by Gasteiger charge is 2.26. The molecule has 0 atom stereocenters. The van der Waals surface area contributed by atoms with Gasteiger partial charge in [0.2, 0.25) is 5.91 Å². The van der Waals surface area contributed by atoms with Gasteiger partial charge in [-0.05, 0) is 63.2 Å². The van der Waals surface area contributed by atoms with Crippen molar-refractivity contribution in [3.63, 3.8) is 0 Å². The molecule has 0 aromatic heterocycles. The molecule has 2 rings (SSSR count). The molecule has 22 heavy (non-hydrogen) atoms. The number of hydrogen-bond acceptors (Lipinski definition) is 3. The Bertz CT molecular complexity index is 436. The fourth-order valence-electron chi connectivity index (χ4n) is 3.85. The van der Waals surface area contributed by atoms with Crippen LogP contribution in [0.5, 0.6) is 0 Å². The smallest absolute Gasteiger partial charge is 0.217 e. The molecule has 0 radical (unpaired) electrons. The number of carbonyl (C=O) groups is 1. The molecule has 0 aliphatic heterocycles. The minimum absolute atomic E-state index is 0.0617. The molecule has 4 heteroatoms. The van der Waals surface area contributed by atoms with E-state index in [1.807, 2.05) is 0 Å². The van der Waals surface area contributed by atoms with Gasteiger partial charge in [0.1, 0.15) is 0 Å². The normalized spacial score (nSPS) is 33.0. The Labute approximate surface area is 133 Å². The molecule has 0 heterocycles. The molecule has 1 N–H and O–H groups in total. The second-order valence-corrected chi connectivity index (χ2v) is 6.76. The molecule has 0 unspecified atom stereocenters. The molecule has 0 aromatic carbocycles. The molecular weight excluding hydrogens is 276 g/mol. The number of nitrogens with one attached hydrogen (secondary N) is 1. The molecule has 2 aliphatic carbocycles. The number of ether oxygens (including phenoxy) is 1. The van der Waals surface area contributed by atoms with E-state index in [4.69, 9.17) is 4.74 Å². The number of nitrogens with zero attached hydrogens (tertiary/aromatic N) is 1. The molecule has 0 saturated heterocycles. The standard InChI is InChI=1S/C18H28N2O2/c1-13(21)20-17-7-3-14(4-8-17)11-16(12-19)15-5-9-18(22-2)10-6-15/h11,14-15,17-18H,3-10H2,1-2H3,(H,20,21)/b16-11+. The van der Waals surface area contributed by atoms with Crippen LogP contribution in [0.15, 0.2) is 11.6 Å². The van der Waals surface area contributed by atoms with Crippen molar-refractivity contribution in [3.05, 3.63) is 11.6 Å². The van der Waals surface area contributed by atoms with E-state index in [0.717, 1.165) is 56.9 Å². The molecule has 2 fully saturated rings. The fourth-order valence-corrected chi connectivity index (χ4v) is 3.85. The highest BCUT2D eigenvalue weighted by molar-refractivity contribution is 5.73. The molecule has 0 spiro atoms. The number of allylic oxidation sites excluding steroid dienone is 2. The van der Waals surface area contributed by atoms with Crippen molar-refractivity contribution in [2.24, 2.45) is 11.8 Å². The summed E-state index contributed by atoms with van der Waals surface area (Å²) in [5.41, 5.74) is 0.984. The minimum atomic E-state index is 0.0617. The van der Waals surface area contributed by atoms with Gasteiger partial charge in [-0.2, -0.15) is 5.26 Å². The van der Waals surface area contributed by atoms with Crippen molar-refractivity contribution in [1.29, 1.82) is 5.26 Å². The summed E-state index contributed by atoms with van der Waals surface area (Å²) in [6, 6.07) is 2.77. The molecule has 2 aliphatic rings. The van der Waals surface area contributed by atoms with Gasteiger partial charge in [-0.25, -0.2) is 0 Å². The third-order valence-corrected chi connectivity index (χ3v) is 5.17. The SMILES string of the molecule is COC1CCC(/C(C#N)=C/C2CCC(NC(C)=O)CC2)CC1. The van der Waals surface area contributed by atoms with Gasteiger partial charge >= 0.3 is 0 Å². The van der Waals surface area contributed by atoms with Gasteiger partial charge in [0, 0.05) is 25.6 Å². The number of carbonyl (C=O) groups excluding carboxylic acids is 1. The third-order valence-electron chi connectivity index (χ3n) is 5.17. The lowest BCUT2D eigenvalue weighted by atomic mass is 9.79. The Morgan fingerprint density at radius 1 is 1.14 bits per heavy atom. The summed E-state index contributed by atoms with van der Waals surface area (Å²) >= 11 is 0. The van der Waals surface area contributed by atoms with Crippen LogP contribution in [0.4, 0.5) is 0 Å². The summed E-state index contributed by atoms with van der Waals surface area (Å²) in [6.07, 6.45) is 11.1. The molecular formula is C18H28N2O2. The number of hydrogen-bond donors (Lipinski definition) is 1. The molecule has 4 nitrogen and oxygen atoms in total. The van der Waals surface area contributed by atoms with E-state index in [1.54, 1.807) is 14.0 Å². The van der Waals surface area contributed by atoms with Crippen LogP contribution in [0.1, 0.15) is 58.3 Å². The van der Waals surface area contributed by atoms with Gasteiger partial charge in [-0.15, -0.1) is 0 Å². The first-order chi connectivity index (χ1) is 10.6. The summed E-state index contributed by atoms with van der Waals surface area (Å²) in [7, 11) is 1.78. The highest BCUT2D eigenvalue weighted by Crippen LogP contribution is 2.33. The summed E-state index contributed by atoms with van der Waals surface area (Å²) < 4.78 is 5.41. The second-order valence-electron chi connectivity index (χ2n) is 6.76. The number of amides is 1. The van der Waals surface area contributed by atoms with Gasteiger partial charge in [0.15, 0.2) is 0 Å². The monoisotopic (exact) mass is 304 g/mol. The first kappa shape index (κ1) is 17.0. The lowest BCUT2D eigenvalue weighted by Crippen LogP contribution is -2.36. The van der Waals surface area contributed by atoms with Crippen molar-refractivity contribution in [1.82, 2.24) is 5.32 Å². The van der Waals surface area contributed by atoms with E-state index < -0.39 is 0 Å². The second kappa shape index (κ2) is 8.33. The van der Waals surface area contributed by atoms with Crippen LogP contribution >= 0.6 is 0 Å². The Morgan fingerprint density at radius 3 is 2.27 bits per heavy atom. The average molecular weight is 304 g/mol. The fraction of sp³-hybridized carbons (Fsp3) is 0.778. The summed E-state index contributed by atoms with van der Waals surface area (Å²) in [4.78, 5) is 11.1. The first-order valence-corrected chi connectivity index (χ1v) is 8.54. The van der Waals surface area contributed by atoms with Crippen LogP contribution in [0.25, 0.3) is 0 Å². The van der Waals surface area contributed by atoms with E-state index in [1.165, 1.54) is 0 Å². The number of nitriles is 1. The quantitative estimate of drug-likeness (QED) is 0.810. The maximum Gasteiger partial charge on any atom is 0.217 e. The molecule has 0 aromatic rings. The van der Waals surface area contributed by atoms with E-state index in [-0.39, 0.29) is 5.91 Å². The summed E-state index contributed by atoms with van der Waals surface area (Å²) in [5, 5.41) is 12.5. The summed E-state index contributed by atoms with van der Waals surface area (Å²) in [6.45, 7) is 1.58. The van der Waals surface area contributed by atoms with E-state index in [9.17, 15) is 10.1 Å². The average Bonchev–Trinajstić information content (AvgIpc) is 2.54. The van der Waals surface area contributed by atoms with E-state index >= 15 is 0 Å². The summed E-state index contributed by atoms with van der Waals surface area (Å²) in [5.74, 6) is 0.982. The van der Waals surface area contributed by atoms with Crippen molar-refractivity contribution in [3.8, 4) is 6.07 Å². The van der Waals surface area contributed by atoms with Crippen molar-refractivity contribution in [2.45, 2.75) is 70.4 Å². The number of rotatable bonds is 4. The van der Waals surface area contributed by atoms with Crippen LogP contribution in [-0.2, 0) is 9.53 Å². The molecule has 1 amide bonds. The Kier molecular flexibility index (Phi) is 6.45. The van der Waals surface area contributed by atoms with Crippen molar-refractivity contribution in [2.75, 3.05) is 7.11 Å². The van der Waals surface area contributed by atoms with Crippen LogP contribution < -0.4 is 5.32 Å². The van der Waals surface area contributed by atoms with Crippen LogP contribution in [0.3, 0.4) is 0 Å². The van der Waals surface area contributed by atoms with Crippen molar-refractivity contribution < 1.29 is 9.53 Å². The zero-order valence-electron chi connectivity index (χ0n) is 13.8. The van der Waals surface area contributed by atoms with Crippen LogP contribution in [0, 0.1) is 23.2 Å². The predicted molar refractivity (Wildman–Crippen MR) is 86.0 cm³/mol. The first-order valence-electron chi connectivity index (χ1n) is 8.54. The zero-order valence-corrected chi connectivity index (χ0v) is 13.8. The third kappa shape index (κ3) is 4.84. The predicted octanol–water partition coefficient (Wildman–Crippen LogP) is 3.34.